The largest absolute Gasteiger partial charge is 0.207 e. The molecule has 1 fully saturated rings. The topological polar surface area (TPSA) is 0 Å². The minimum absolute atomic E-state index is 0.0571. The van der Waals surface area contributed by atoms with Crippen molar-refractivity contribution in [3.8, 4) is 22.3 Å². The molecule has 0 unspecified atom stereocenters. The van der Waals surface area contributed by atoms with Crippen molar-refractivity contribution in [3.63, 3.8) is 0 Å². The summed E-state index contributed by atoms with van der Waals surface area (Å²) in [5.41, 5.74) is 3.38. The van der Waals surface area contributed by atoms with Crippen LogP contribution in [0.1, 0.15) is 63.5 Å². The molecule has 3 aromatic carbocycles. The summed E-state index contributed by atoms with van der Waals surface area (Å²) in [5, 5.41) is 0. The third-order valence-corrected chi connectivity index (χ3v) is 6.29. The van der Waals surface area contributed by atoms with E-state index in [2.05, 4.69) is 19.1 Å². The normalized spacial score (nSPS) is 18.3. The zero-order valence-electron chi connectivity index (χ0n) is 18.8. The van der Waals surface area contributed by atoms with Gasteiger partial charge in [0.2, 0.25) is 0 Å². The van der Waals surface area contributed by atoms with Crippen molar-refractivity contribution in [3.05, 3.63) is 83.2 Å². The molecule has 0 nitrogen and oxygen atoms in total. The van der Waals surface area contributed by atoms with E-state index < -0.39 is 17.5 Å². The van der Waals surface area contributed by atoms with Crippen molar-refractivity contribution in [2.24, 2.45) is 5.92 Å². The minimum atomic E-state index is -0.670. The van der Waals surface area contributed by atoms with Crippen molar-refractivity contribution in [1.29, 1.82) is 0 Å². The van der Waals surface area contributed by atoms with Crippen LogP contribution in [-0.2, 0) is 0 Å². The fraction of sp³-hybridized carbons (Fsp3) is 0.357. The lowest BCUT2D eigenvalue weighted by Crippen LogP contribution is -2.10. The first kappa shape index (κ1) is 23.1. The van der Waals surface area contributed by atoms with Gasteiger partial charge in [0.05, 0.1) is 0 Å². The van der Waals surface area contributed by atoms with Gasteiger partial charge in [0.1, 0.15) is 17.5 Å². The summed E-state index contributed by atoms with van der Waals surface area (Å²) in [7, 11) is 0. The Balaban J connectivity index is 0.00000132. The molecule has 1 aliphatic carbocycles. The second-order valence-corrected chi connectivity index (χ2v) is 8.34. The first-order valence-electron chi connectivity index (χ1n) is 11.3. The molecule has 4 rings (SSSR count). The molecule has 0 amide bonds. The van der Waals surface area contributed by atoms with Crippen LogP contribution < -0.4 is 0 Å². The maximum absolute atomic E-state index is 14.7. The fourth-order valence-corrected chi connectivity index (χ4v) is 4.27. The monoisotopic (exact) mass is 424 g/mol. The molecule has 0 aliphatic heterocycles. The Morgan fingerprint density at radius 1 is 0.645 bits per heavy atom. The lowest BCUT2D eigenvalue weighted by atomic mass is 9.79. The lowest BCUT2D eigenvalue weighted by molar-refractivity contribution is 0.348. The number of hydrogen-bond acceptors (Lipinski definition) is 0. The molecule has 0 radical (unpaired) electrons. The van der Waals surface area contributed by atoms with Crippen molar-refractivity contribution in [2.45, 2.75) is 59.3 Å². The van der Waals surface area contributed by atoms with E-state index in [0.717, 1.165) is 17.0 Å². The van der Waals surface area contributed by atoms with E-state index in [1.807, 2.05) is 26.0 Å². The van der Waals surface area contributed by atoms with Gasteiger partial charge in [0.25, 0.3) is 0 Å². The van der Waals surface area contributed by atoms with Crippen LogP contribution in [0.2, 0.25) is 0 Å². The zero-order chi connectivity index (χ0) is 22.5. The Bertz CT molecular complexity index is 990. The summed E-state index contributed by atoms with van der Waals surface area (Å²) in [4.78, 5) is 0. The Kier molecular flexibility index (Phi) is 7.59. The van der Waals surface area contributed by atoms with Crippen LogP contribution in [-0.4, -0.2) is 0 Å². The van der Waals surface area contributed by atoms with E-state index in [0.29, 0.717) is 5.92 Å². The highest BCUT2D eigenvalue weighted by Gasteiger charge is 2.19. The molecule has 0 saturated heterocycles. The van der Waals surface area contributed by atoms with Crippen LogP contribution in [0.5, 0.6) is 0 Å². The van der Waals surface area contributed by atoms with Gasteiger partial charge >= 0.3 is 0 Å². The molecule has 164 valence electrons. The van der Waals surface area contributed by atoms with Crippen LogP contribution in [0.15, 0.2) is 54.6 Å². The van der Waals surface area contributed by atoms with Crippen LogP contribution in [0.25, 0.3) is 22.3 Å². The van der Waals surface area contributed by atoms with Gasteiger partial charge in [-0.25, -0.2) is 13.2 Å². The fourth-order valence-electron chi connectivity index (χ4n) is 4.27. The van der Waals surface area contributed by atoms with Gasteiger partial charge in [-0.3, -0.25) is 0 Å². The number of hydrogen-bond donors (Lipinski definition) is 0. The van der Waals surface area contributed by atoms with Gasteiger partial charge in [-0.15, -0.1) is 0 Å². The highest BCUT2D eigenvalue weighted by molar-refractivity contribution is 5.71. The van der Waals surface area contributed by atoms with Crippen molar-refractivity contribution >= 4 is 0 Å². The van der Waals surface area contributed by atoms with Gasteiger partial charge in [-0.05, 0) is 72.1 Å². The predicted octanol–water partition coefficient (Wildman–Crippen LogP) is 9.07. The summed E-state index contributed by atoms with van der Waals surface area (Å²) in [5.74, 6) is -0.393. The second-order valence-electron chi connectivity index (χ2n) is 8.34. The number of halogens is 3. The Labute approximate surface area is 184 Å². The SMILES string of the molecule is CC.Cc1c(F)cc(-c2ccc(-c3ccc(C4CCC(C)CC4)cc3)cc2F)cc1F. The van der Waals surface area contributed by atoms with E-state index >= 15 is 0 Å². The molecule has 31 heavy (non-hydrogen) atoms. The van der Waals surface area contributed by atoms with Crippen LogP contribution in [0.4, 0.5) is 13.2 Å². The van der Waals surface area contributed by atoms with E-state index in [4.69, 9.17) is 0 Å². The summed E-state index contributed by atoms with van der Waals surface area (Å²) in [6, 6.07) is 15.5. The Morgan fingerprint density at radius 3 is 1.71 bits per heavy atom. The molecule has 0 aromatic heterocycles. The van der Waals surface area contributed by atoms with Crippen LogP contribution in [0.3, 0.4) is 0 Å². The highest BCUT2D eigenvalue weighted by Crippen LogP contribution is 2.36. The highest BCUT2D eigenvalue weighted by atomic mass is 19.1. The number of benzene rings is 3. The molecule has 1 aliphatic rings. The predicted molar refractivity (Wildman–Crippen MR) is 124 cm³/mol. The lowest BCUT2D eigenvalue weighted by Gasteiger charge is -2.26. The molecule has 0 atom stereocenters. The smallest absolute Gasteiger partial charge is 0.131 e. The molecular weight excluding hydrogens is 393 g/mol. The maximum atomic E-state index is 14.7. The average Bonchev–Trinajstić information content (AvgIpc) is 2.79. The molecule has 0 bridgehead atoms. The summed E-state index contributed by atoms with van der Waals surface area (Å²) in [6.45, 7) is 7.68. The van der Waals surface area contributed by atoms with Crippen molar-refractivity contribution < 1.29 is 13.2 Å². The summed E-state index contributed by atoms with van der Waals surface area (Å²) < 4.78 is 42.5. The molecule has 3 heteroatoms. The van der Waals surface area contributed by atoms with Gasteiger partial charge < -0.3 is 0 Å². The molecule has 0 heterocycles. The minimum Gasteiger partial charge on any atom is -0.207 e. The second kappa shape index (κ2) is 10.2. The quantitative estimate of drug-likeness (QED) is 0.393. The summed E-state index contributed by atoms with van der Waals surface area (Å²) >= 11 is 0. The van der Waals surface area contributed by atoms with E-state index in [9.17, 15) is 13.2 Å². The molecule has 1 saturated carbocycles. The average molecular weight is 425 g/mol. The molecule has 0 N–H and O–H groups in total. The van der Waals surface area contributed by atoms with E-state index in [1.54, 1.807) is 12.1 Å². The Hall–Kier alpha value is -2.55. The number of rotatable bonds is 3. The van der Waals surface area contributed by atoms with E-state index in [-0.39, 0.29) is 16.7 Å². The third-order valence-electron chi connectivity index (χ3n) is 6.29. The first-order chi connectivity index (χ1) is 14.9. The Morgan fingerprint density at radius 2 is 1.16 bits per heavy atom. The van der Waals surface area contributed by atoms with Gasteiger partial charge in [-0.1, -0.05) is 70.0 Å². The third kappa shape index (κ3) is 5.20. The van der Waals surface area contributed by atoms with Crippen LogP contribution in [0, 0.1) is 30.3 Å². The van der Waals surface area contributed by atoms with Gasteiger partial charge in [0, 0.05) is 11.1 Å². The summed E-state index contributed by atoms with van der Waals surface area (Å²) in [6.07, 6.45) is 5.01. The standard InChI is InChI=1S/C26H25F3.C2H6/c1-16-3-5-18(6-4-16)19-7-9-20(10-8-19)21-11-12-23(26(29)13-21)22-14-24(27)17(2)25(28)15-22;1-2/h7-16,18H,3-6H2,1-2H3;1-2H3. The van der Waals surface area contributed by atoms with Crippen LogP contribution >= 0.6 is 0 Å². The molecular formula is C28H31F3. The van der Waals surface area contributed by atoms with E-state index in [1.165, 1.54) is 56.4 Å². The maximum Gasteiger partial charge on any atom is 0.131 e. The van der Waals surface area contributed by atoms with Gasteiger partial charge in [0.15, 0.2) is 0 Å². The molecule has 0 spiro atoms. The van der Waals surface area contributed by atoms with Crippen molar-refractivity contribution in [2.75, 3.05) is 0 Å². The van der Waals surface area contributed by atoms with Crippen molar-refractivity contribution in [1.82, 2.24) is 0 Å². The zero-order valence-corrected chi connectivity index (χ0v) is 18.8. The first-order valence-corrected chi connectivity index (χ1v) is 11.3. The molecule has 3 aromatic rings. The van der Waals surface area contributed by atoms with Gasteiger partial charge in [-0.2, -0.15) is 0 Å².